The van der Waals surface area contributed by atoms with Gasteiger partial charge in [0.2, 0.25) is 0 Å². The minimum atomic E-state index is -4.69. The molecule has 0 fully saturated rings. The molecule has 0 aliphatic carbocycles. The van der Waals surface area contributed by atoms with E-state index in [9.17, 15) is 52.8 Å². The Morgan fingerprint density at radius 3 is 1.42 bits per heavy atom. The van der Waals surface area contributed by atoms with Gasteiger partial charge in [-0.05, 0) is 98.2 Å². The van der Waals surface area contributed by atoms with Crippen molar-refractivity contribution in [1.82, 2.24) is 30.6 Å². The van der Waals surface area contributed by atoms with Gasteiger partial charge in [0.25, 0.3) is 20.0 Å². The molecule has 0 saturated carbocycles. The van der Waals surface area contributed by atoms with Gasteiger partial charge in [0.15, 0.2) is 10.1 Å². The van der Waals surface area contributed by atoms with Gasteiger partial charge in [-0.2, -0.15) is 43.2 Å². The van der Waals surface area contributed by atoms with Gasteiger partial charge >= 0.3 is 24.3 Å². The number of aryl methyl sites for hydroxylation is 2. The number of fused-ring (bicyclic) bond motifs is 12. The standard InChI is InChI=1S/C27H30F3N5O4S.C26H28F3N5O4S/c1-39-25(36)18-31-15-17-35-16-6-2-3-8-19-9-4-5-10-20(19)26-21(27(28,29)30)13-14-22(32-26)34-40(37,38)24-12-7-11-23(35)33-24;27-26(28,29)20-12-13-21-31-25(20)19-9-4-3-8-18(19)7-2-1-5-15-34(16-14-30-17-24(35)36)22-10-6-11-23(32-22)39(37,38)33-21/h4-5,7,9-14,31H,2-3,6,8,15-18H2,1H3,(H,32,34);3-4,6,8-13,30H,1-2,5,7,14-17H2,(H,31,33)(H,35,36). The lowest BCUT2D eigenvalue weighted by Gasteiger charge is -2.24. The second kappa shape index (κ2) is 26.5. The van der Waals surface area contributed by atoms with Crippen molar-refractivity contribution in [2.75, 3.05) is 78.7 Å². The zero-order valence-electron chi connectivity index (χ0n) is 42.8. The van der Waals surface area contributed by atoms with E-state index >= 15 is 0 Å². The van der Waals surface area contributed by atoms with Gasteiger partial charge in [-0.1, -0.05) is 73.5 Å². The molecule has 0 spiro atoms. The van der Waals surface area contributed by atoms with Gasteiger partial charge in [0, 0.05) is 50.4 Å². The molecule has 0 radical (unpaired) electrons. The first kappa shape index (κ1) is 59.2. The number of methoxy groups -OCH3 is 1. The van der Waals surface area contributed by atoms with E-state index in [0.717, 1.165) is 49.9 Å². The van der Waals surface area contributed by atoms with Crippen molar-refractivity contribution >= 4 is 55.3 Å². The Bertz CT molecular complexity index is 3320. The number of esters is 1. The minimum Gasteiger partial charge on any atom is -0.480 e. The summed E-state index contributed by atoms with van der Waals surface area (Å²) in [5, 5.41) is 14.1. The number of aromatic nitrogens is 4. The van der Waals surface area contributed by atoms with E-state index in [1.165, 1.54) is 25.3 Å². The highest BCUT2D eigenvalue weighted by Crippen LogP contribution is 2.40. The van der Waals surface area contributed by atoms with Gasteiger partial charge in [-0.25, -0.2) is 19.9 Å². The monoisotopic (exact) mass is 1140 g/mol. The molecule has 2 aromatic carbocycles. The summed E-state index contributed by atoms with van der Waals surface area (Å²) in [4.78, 5) is 43.0. The van der Waals surface area contributed by atoms with Crippen LogP contribution in [0.2, 0.25) is 0 Å². The summed E-state index contributed by atoms with van der Waals surface area (Å²) in [6, 6.07) is 26.1. The number of alkyl halides is 6. The summed E-state index contributed by atoms with van der Waals surface area (Å²) in [6.07, 6.45) is -3.91. The molecular weight excluding hydrogens is 1080 g/mol. The maximum absolute atomic E-state index is 13.9. The highest BCUT2D eigenvalue weighted by Gasteiger charge is 2.37. The van der Waals surface area contributed by atoms with Crippen LogP contribution in [-0.2, 0) is 59.6 Å². The molecule has 0 unspecified atom stereocenters. The molecule has 2 aliphatic rings. The average Bonchev–Trinajstić information content (AvgIpc) is 3.41. The number of benzene rings is 2. The molecule has 422 valence electrons. The van der Waals surface area contributed by atoms with Gasteiger partial charge in [0.1, 0.15) is 23.3 Å². The predicted octanol–water partition coefficient (Wildman–Crippen LogP) is 8.43. The molecule has 0 saturated heterocycles. The van der Waals surface area contributed by atoms with Gasteiger partial charge in [-0.3, -0.25) is 19.0 Å². The maximum Gasteiger partial charge on any atom is 0.418 e. The zero-order valence-corrected chi connectivity index (χ0v) is 44.4. The molecule has 0 atom stereocenters. The fourth-order valence-electron chi connectivity index (χ4n) is 8.84. The lowest BCUT2D eigenvalue weighted by molar-refractivity contribution is -0.140. The number of pyridine rings is 4. The SMILES string of the molecule is COC(=O)CNCCN1CCCCCc2ccccc2-c2nc(ccc2C(F)(F)F)NS(=O)(=O)c2cccc1n2.O=C(O)CNCCN1CCCCCc2ccccc2-c2nc(ccc2C(F)(F)F)NS(=O)(=O)c2cccc1n2. The van der Waals surface area contributed by atoms with Crippen LogP contribution in [0.15, 0.2) is 119 Å². The number of carboxylic acid groups (broad SMARTS) is 1. The number of sulfonamides is 2. The number of ether oxygens (including phenoxy) is 1. The fraction of sp³-hybridized carbons (Fsp3) is 0.358. The molecule has 79 heavy (non-hydrogen) atoms. The van der Waals surface area contributed by atoms with Crippen molar-refractivity contribution in [3.05, 3.63) is 131 Å². The first-order chi connectivity index (χ1) is 37.6. The topological polar surface area (TPSA) is 238 Å². The number of carbonyl (C=O) groups excluding carboxylic acids is 1. The van der Waals surface area contributed by atoms with Crippen molar-refractivity contribution in [3.8, 4) is 22.5 Å². The molecule has 0 amide bonds. The smallest absolute Gasteiger partial charge is 0.418 e. The van der Waals surface area contributed by atoms with Crippen LogP contribution in [0.5, 0.6) is 0 Å². The Labute approximate surface area is 453 Å². The Balaban J connectivity index is 0.000000229. The Kier molecular flexibility index (Phi) is 19.9. The second-order valence-corrected chi connectivity index (χ2v) is 21.6. The number of hydrogen-bond donors (Lipinski definition) is 5. The molecule has 6 aromatic rings. The first-order valence-corrected chi connectivity index (χ1v) is 28.1. The van der Waals surface area contributed by atoms with E-state index in [2.05, 4.69) is 44.8 Å². The van der Waals surface area contributed by atoms with Crippen LogP contribution in [-0.4, -0.2) is 113 Å². The summed E-state index contributed by atoms with van der Waals surface area (Å²) in [5.41, 5.74) is -0.583. The van der Waals surface area contributed by atoms with Gasteiger partial charge < -0.3 is 30.3 Å². The third-order valence-electron chi connectivity index (χ3n) is 12.7. The van der Waals surface area contributed by atoms with Crippen molar-refractivity contribution < 1.29 is 62.6 Å². The van der Waals surface area contributed by atoms with Crippen LogP contribution in [0, 0.1) is 0 Å². The van der Waals surface area contributed by atoms with E-state index in [1.54, 1.807) is 66.7 Å². The molecule has 4 aromatic heterocycles. The van der Waals surface area contributed by atoms with Crippen LogP contribution in [0.1, 0.15) is 60.8 Å². The summed E-state index contributed by atoms with van der Waals surface area (Å²) in [5.74, 6) is -1.09. The van der Waals surface area contributed by atoms with E-state index in [1.807, 2.05) is 9.80 Å². The molecule has 26 heteroatoms. The van der Waals surface area contributed by atoms with E-state index in [-0.39, 0.29) is 46.2 Å². The highest BCUT2D eigenvalue weighted by atomic mass is 32.2. The number of carboxylic acids is 1. The molecule has 6 heterocycles. The Morgan fingerprint density at radius 1 is 0.570 bits per heavy atom. The molecule has 8 rings (SSSR count). The Morgan fingerprint density at radius 2 is 1.00 bits per heavy atom. The number of nitrogens with zero attached hydrogens (tertiary/aromatic N) is 6. The summed E-state index contributed by atoms with van der Waals surface area (Å²) >= 11 is 0. The number of hydrogen-bond acceptors (Lipinski definition) is 15. The first-order valence-electron chi connectivity index (χ1n) is 25.2. The van der Waals surface area contributed by atoms with Crippen molar-refractivity contribution in [1.29, 1.82) is 0 Å². The quantitative estimate of drug-likeness (QED) is 0.0491. The highest BCUT2D eigenvalue weighted by molar-refractivity contribution is 7.93. The van der Waals surface area contributed by atoms with Crippen molar-refractivity contribution in [2.24, 2.45) is 0 Å². The number of aliphatic carboxylic acids is 1. The largest absolute Gasteiger partial charge is 0.480 e. The van der Waals surface area contributed by atoms with Crippen molar-refractivity contribution in [3.63, 3.8) is 0 Å². The van der Waals surface area contributed by atoms with Crippen LogP contribution >= 0.6 is 0 Å². The number of rotatable bonds is 10. The summed E-state index contributed by atoms with van der Waals surface area (Å²) < 4.78 is 146. The lowest BCUT2D eigenvalue weighted by atomic mass is 9.96. The molecule has 18 nitrogen and oxygen atoms in total. The van der Waals surface area contributed by atoms with Gasteiger partial charge in [0.05, 0.1) is 42.7 Å². The maximum atomic E-state index is 13.9. The third-order valence-corrected chi connectivity index (χ3v) is 15.2. The average molecular weight is 1140 g/mol. The van der Waals surface area contributed by atoms with E-state index in [0.29, 0.717) is 98.8 Å². The normalized spacial score (nSPS) is 15.6. The van der Waals surface area contributed by atoms with Crippen LogP contribution < -0.4 is 29.9 Å². The van der Waals surface area contributed by atoms with E-state index in [4.69, 9.17) is 5.11 Å². The summed E-state index contributed by atoms with van der Waals surface area (Å²) in [6.45, 7) is 2.53. The lowest BCUT2D eigenvalue weighted by Crippen LogP contribution is -2.36. The summed E-state index contributed by atoms with van der Waals surface area (Å²) in [7, 11) is -7.27. The fourth-order valence-corrected chi connectivity index (χ4v) is 10.8. The predicted molar refractivity (Wildman–Crippen MR) is 284 cm³/mol. The number of halogens is 6. The minimum absolute atomic E-state index is 0.0393. The third kappa shape index (κ3) is 16.3. The number of carbonyl (C=O) groups is 2. The van der Waals surface area contributed by atoms with Crippen molar-refractivity contribution in [2.45, 2.75) is 73.8 Å². The van der Waals surface area contributed by atoms with E-state index < -0.39 is 55.5 Å². The zero-order chi connectivity index (χ0) is 56.8. The molecule has 2 aliphatic heterocycles. The number of nitrogens with one attached hydrogen (secondary N) is 4. The van der Waals surface area contributed by atoms with Gasteiger partial charge in [-0.15, -0.1) is 0 Å². The molecule has 5 N–H and O–H groups in total. The van der Waals surface area contributed by atoms with Crippen LogP contribution in [0.25, 0.3) is 22.5 Å². The molecule has 8 bridgehead atoms. The second-order valence-electron chi connectivity index (χ2n) is 18.3. The van der Waals surface area contributed by atoms with Crippen LogP contribution in [0.3, 0.4) is 0 Å². The molecular formula is C53H58F6N10O8S2. The van der Waals surface area contributed by atoms with Crippen LogP contribution in [0.4, 0.5) is 49.6 Å². The Hall–Kier alpha value is -7.42. The number of anilines is 4.